The number of hydrogen-bond acceptors (Lipinski definition) is 4. The van der Waals surface area contributed by atoms with E-state index >= 15 is 0 Å². The minimum atomic E-state index is 0.229. The predicted molar refractivity (Wildman–Crippen MR) is 68.7 cm³/mol. The lowest BCUT2D eigenvalue weighted by atomic mass is 10.4. The molecule has 0 spiro atoms. The molecule has 0 atom stereocenters. The van der Waals surface area contributed by atoms with E-state index in [1.807, 2.05) is 5.38 Å². The molecule has 1 N–H and O–H groups in total. The van der Waals surface area contributed by atoms with Crippen LogP contribution in [0, 0.1) is 0 Å². The zero-order valence-electron chi connectivity index (χ0n) is 7.88. The van der Waals surface area contributed by atoms with Crippen LogP contribution in [-0.4, -0.2) is 9.97 Å². The fraction of sp³-hybridized carbons (Fsp3) is 0.111. The van der Waals surface area contributed by atoms with Crippen LogP contribution in [0.1, 0.15) is 5.69 Å². The van der Waals surface area contributed by atoms with Crippen molar-refractivity contribution in [2.24, 2.45) is 0 Å². The molecule has 0 aliphatic rings. The molecule has 0 fully saturated rings. The highest BCUT2D eigenvalue weighted by atomic mass is 35.5. The summed E-state index contributed by atoms with van der Waals surface area (Å²) in [5.41, 5.74) is 2.69. The van der Waals surface area contributed by atoms with Gasteiger partial charge < -0.3 is 5.32 Å². The first-order valence-corrected chi connectivity index (χ1v) is 6.37. The number of pyridine rings is 1. The molecule has 0 aliphatic carbocycles. The van der Waals surface area contributed by atoms with Crippen molar-refractivity contribution in [3.05, 3.63) is 37.8 Å². The van der Waals surface area contributed by atoms with Crippen molar-refractivity contribution in [3.8, 4) is 0 Å². The van der Waals surface area contributed by atoms with Gasteiger partial charge in [0.05, 0.1) is 27.8 Å². The summed E-state index contributed by atoms with van der Waals surface area (Å²) < 4.78 is 0. The van der Waals surface area contributed by atoms with Gasteiger partial charge in [0.2, 0.25) is 0 Å². The van der Waals surface area contributed by atoms with Crippen LogP contribution < -0.4 is 5.32 Å². The van der Waals surface area contributed by atoms with E-state index in [1.165, 1.54) is 11.3 Å². The number of aromatic nitrogens is 2. The van der Waals surface area contributed by atoms with Gasteiger partial charge in [-0.2, -0.15) is 0 Å². The molecule has 7 heteroatoms. The Morgan fingerprint density at radius 3 is 2.75 bits per heavy atom. The number of hydrogen-bond donors (Lipinski definition) is 1. The summed E-state index contributed by atoms with van der Waals surface area (Å²) >= 11 is 19.0. The minimum Gasteiger partial charge on any atom is -0.363 e. The predicted octanol–water partition coefficient (Wildman–Crippen LogP) is 4.11. The van der Waals surface area contributed by atoms with Crippen LogP contribution in [0.4, 0.5) is 5.82 Å². The van der Waals surface area contributed by atoms with Gasteiger partial charge in [-0.25, -0.2) is 9.97 Å². The lowest BCUT2D eigenvalue weighted by Crippen LogP contribution is -2.02. The molecular weight excluding hydrogens is 289 g/mol. The third-order valence-electron chi connectivity index (χ3n) is 1.81. The molecule has 0 saturated carbocycles. The van der Waals surface area contributed by atoms with Crippen molar-refractivity contribution >= 4 is 52.0 Å². The van der Waals surface area contributed by atoms with Crippen molar-refractivity contribution in [1.29, 1.82) is 0 Å². The summed E-state index contributed by atoms with van der Waals surface area (Å²) in [6, 6.07) is 1.56. The van der Waals surface area contributed by atoms with Crippen LogP contribution in [0.5, 0.6) is 0 Å². The summed E-state index contributed by atoms with van der Waals surface area (Å²) in [5, 5.41) is 5.99. The fourth-order valence-electron chi connectivity index (χ4n) is 1.07. The minimum absolute atomic E-state index is 0.229. The third-order valence-corrected chi connectivity index (χ3v) is 3.40. The van der Waals surface area contributed by atoms with Gasteiger partial charge in [0.1, 0.15) is 11.0 Å². The molecule has 2 aromatic heterocycles. The molecule has 0 unspecified atom stereocenters. The molecule has 2 aromatic rings. The second kappa shape index (κ2) is 5.19. The zero-order valence-corrected chi connectivity index (χ0v) is 11.0. The Morgan fingerprint density at radius 2 is 2.06 bits per heavy atom. The van der Waals surface area contributed by atoms with Crippen LogP contribution in [-0.2, 0) is 6.54 Å². The first-order chi connectivity index (χ1) is 7.66. The maximum atomic E-state index is 5.96. The van der Waals surface area contributed by atoms with Crippen molar-refractivity contribution in [3.63, 3.8) is 0 Å². The number of halogens is 3. The summed E-state index contributed by atoms with van der Waals surface area (Å²) in [4.78, 5) is 8.16. The van der Waals surface area contributed by atoms with Gasteiger partial charge in [0.15, 0.2) is 0 Å². The van der Waals surface area contributed by atoms with E-state index in [0.29, 0.717) is 22.4 Å². The Kier molecular flexibility index (Phi) is 3.86. The SMILES string of the molecule is Clc1cc(Cl)c(NCc2cscn2)nc1Cl. The molecule has 16 heavy (non-hydrogen) atoms. The molecule has 0 aliphatic heterocycles. The number of nitrogens with zero attached hydrogens (tertiary/aromatic N) is 2. The van der Waals surface area contributed by atoms with E-state index in [4.69, 9.17) is 34.8 Å². The maximum Gasteiger partial charge on any atom is 0.150 e. The van der Waals surface area contributed by atoms with Gasteiger partial charge in [-0.3, -0.25) is 0 Å². The van der Waals surface area contributed by atoms with Crippen LogP contribution in [0.15, 0.2) is 17.0 Å². The molecule has 3 nitrogen and oxygen atoms in total. The van der Waals surface area contributed by atoms with E-state index in [9.17, 15) is 0 Å². The number of rotatable bonds is 3. The largest absolute Gasteiger partial charge is 0.363 e. The van der Waals surface area contributed by atoms with Crippen molar-refractivity contribution in [2.75, 3.05) is 5.32 Å². The quantitative estimate of drug-likeness (QED) is 0.866. The van der Waals surface area contributed by atoms with E-state index in [2.05, 4.69) is 15.3 Å². The first-order valence-electron chi connectivity index (χ1n) is 4.29. The maximum absolute atomic E-state index is 5.96. The monoisotopic (exact) mass is 293 g/mol. The molecule has 84 valence electrons. The topological polar surface area (TPSA) is 37.8 Å². The smallest absolute Gasteiger partial charge is 0.150 e. The van der Waals surface area contributed by atoms with E-state index in [0.717, 1.165) is 5.69 Å². The first kappa shape index (κ1) is 11.9. The van der Waals surface area contributed by atoms with Crippen molar-refractivity contribution < 1.29 is 0 Å². The summed E-state index contributed by atoms with van der Waals surface area (Å²) in [6.45, 7) is 0.550. The molecular formula is C9H6Cl3N3S. The average molecular weight is 295 g/mol. The Balaban J connectivity index is 2.12. The lowest BCUT2D eigenvalue weighted by molar-refractivity contribution is 1.05. The van der Waals surface area contributed by atoms with E-state index < -0.39 is 0 Å². The van der Waals surface area contributed by atoms with E-state index in [-0.39, 0.29) is 5.15 Å². The molecule has 2 heterocycles. The van der Waals surface area contributed by atoms with Crippen LogP contribution >= 0.6 is 46.1 Å². The Hall–Kier alpha value is -0.550. The number of anilines is 1. The molecule has 0 radical (unpaired) electrons. The highest BCUT2D eigenvalue weighted by Gasteiger charge is 2.07. The number of nitrogens with one attached hydrogen (secondary N) is 1. The van der Waals surface area contributed by atoms with Crippen LogP contribution in [0.3, 0.4) is 0 Å². The van der Waals surface area contributed by atoms with Crippen LogP contribution in [0.2, 0.25) is 15.2 Å². The van der Waals surface area contributed by atoms with Gasteiger partial charge >= 0.3 is 0 Å². The Morgan fingerprint density at radius 1 is 1.25 bits per heavy atom. The summed E-state index contributed by atoms with van der Waals surface area (Å²) in [6.07, 6.45) is 0. The third kappa shape index (κ3) is 2.77. The fourth-order valence-corrected chi connectivity index (χ4v) is 2.19. The van der Waals surface area contributed by atoms with Gasteiger partial charge in [-0.15, -0.1) is 11.3 Å². The highest BCUT2D eigenvalue weighted by molar-refractivity contribution is 7.07. The Labute approximate surface area is 111 Å². The second-order valence-corrected chi connectivity index (χ2v) is 4.82. The van der Waals surface area contributed by atoms with Crippen LogP contribution in [0.25, 0.3) is 0 Å². The van der Waals surface area contributed by atoms with Gasteiger partial charge in [0.25, 0.3) is 0 Å². The molecule has 0 amide bonds. The molecule has 0 saturated heterocycles. The summed E-state index contributed by atoms with van der Waals surface area (Å²) in [5.74, 6) is 0.504. The second-order valence-electron chi connectivity index (χ2n) is 2.92. The highest BCUT2D eigenvalue weighted by Crippen LogP contribution is 2.28. The van der Waals surface area contributed by atoms with Crippen molar-refractivity contribution in [2.45, 2.75) is 6.54 Å². The van der Waals surface area contributed by atoms with Gasteiger partial charge in [-0.1, -0.05) is 34.8 Å². The van der Waals surface area contributed by atoms with Gasteiger partial charge in [-0.05, 0) is 6.07 Å². The number of thiazole rings is 1. The van der Waals surface area contributed by atoms with Gasteiger partial charge in [0, 0.05) is 5.38 Å². The lowest BCUT2D eigenvalue weighted by Gasteiger charge is -2.06. The molecule has 2 rings (SSSR count). The zero-order chi connectivity index (χ0) is 11.5. The van der Waals surface area contributed by atoms with Crippen molar-refractivity contribution in [1.82, 2.24) is 9.97 Å². The molecule has 0 aromatic carbocycles. The van der Waals surface area contributed by atoms with E-state index in [1.54, 1.807) is 11.6 Å². The molecule has 0 bridgehead atoms. The average Bonchev–Trinajstić information content (AvgIpc) is 2.74. The standard InChI is InChI=1S/C9H6Cl3N3S/c10-6-1-7(11)9(15-8(6)12)13-2-5-3-16-4-14-5/h1,3-4H,2H2,(H,13,15). The summed E-state index contributed by atoms with van der Waals surface area (Å²) in [7, 11) is 0. The normalized spacial score (nSPS) is 10.4. The Bertz CT molecular complexity index is 487.